The van der Waals surface area contributed by atoms with Crippen LogP contribution in [0.2, 0.25) is 0 Å². The van der Waals surface area contributed by atoms with E-state index in [0.29, 0.717) is 17.5 Å². The third kappa shape index (κ3) is 2.34. The Morgan fingerprint density at radius 3 is 2.94 bits per heavy atom. The second-order valence-electron chi connectivity index (χ2n) is 3.46. The van der Waals surface area contributed by atoms with Gasteiger partial charge in [0.05, 0.1) is 6.61 Å². The molecule has 1 aromatic carbocycles. The molecule has 0 aliphatic rings. The number of benzene rings is 1. The number of hydroxylamine groups is 1. The Morgan fingerprint density at radius 1 is 1.41 bits per heavy atom. The molecule has 1 amide bonds. The summed E-state index contributed by atoms with van der Waals surface area (Å²) in [6.45, 7) is 2.12. The molecule has 0 unspecified atom stereocenters. The molecule has 0 saturated heterocycles. The first-order valence-electron chi connectivity index (χ1n) is 5.26. The molecule has 5 nitrogen and oxygen atoms in total. The first-order valence-corrected chi connectivity index (χ1v) is 5.26. The van der Waals surface area contributed by atoms with Crippen LogP contribution in [-0.4, -0.2) is 17.5 Å². The van der Waals surface area contributed by atoms with Crippen molar-refractivity contribution in [1.82, 2.24) is 10.5 Å². The normalized spacial score (nSPS) is 10.4. The third-order valence-corrected chi connectivity index (χ3v) is 2.29. The van der Waals surface area contributed by atoms with Crippen LogP contribution in [0.1, 0.15) is 17.4 Å². The van der Waals surface area contributed by atoms with E-state index in [-0.39, 0.29) is 11.1 Å². The zero-order valence-electron chi connectivity index (χ0n) is 9.32. The molecule has 5 heteroatoms. The smallest absolute Gasteiger partial charge is 0.291 e. The van der Waals surface area contributed by atoms with Gasteiger partial charge in [0, 0.05) is 17.0 Å². The Bertz CT molecular complexity index is 604. The highest BCUT2D eigenvalue weighted by Gasteiger charge is 2.08. The van der Waals surface area contributed by atoms with Crippen molar-refractivity contribution in [3.05, 3.63) is 46.2 Å². The number of carbonyl (C=O) groups excluding carboxylic acids is 1. The van der Waals surface area contributed by atoms with Crippen molar-refractivity contribution in [2.24, 2.45) is 0 Å². The van der Waals surface area contributed by atoms with Gasteiger partial charge in [0.15, 0.2) is 5.43 Å². The molecule has 0 saturated carbocycles. The molecule has 2 aromatic rings. The van der Waals surface area contributed by atoms with E-state index in [1.807, 2.05) is 0 Å². The molecule has 1 heterocycles. The molecule has 0 fully saturated rings. The number of rotatable bonds is 3. The number of aromatic amines is 1. The number of fused-ring (bicyclic) bond motifs is 1. The van der Waals surface area contributed by atoms with Gasteiger partial charge in [-0.25, -0.2) is 5.48 Å². The van der Waals surface area contributed by atoms with E-state index in [4.69, 9.17) is 4.84 Å². The van der Waals surface area contributed by atoms with Crippen LogP contribution in [-0.2, 0) is 4.84 Å². The third-order valence-electron chi connectivity index (χ3n) is 2.29. The molecule has 88 valence electrons. The topological polar surface area (TPSA) is 71.2 Å². The molecule has 2 rings (SSSR count). The molecule has 0 spiro atoms. The number of para-hydroxylation sites is 1. The average Bonchev–Trinajstić information content (AvgIpc) is 2.36. The second kappa shape index (κ2) is 4.80. The van der Waals surface area contributed by atoms with Crippen molar-refractivity contribution < 1.29 is 9.63 Å². The molecule has 0 aliphatic carbocycles. The Kier molecular flexibility index (Phi) is 3.20. The van der Waals surface area contributed by atoms with Gasteiger partial charge in [0.2, 0.25) is 0 Å². The molecule has 0 radical (unpaired) electrons. The lowest BCUT2D eigenvalue weighted by Gasteiger charge is -2.05. The zero-order chi connectivity index (χ0) is 12.3. The van der Waals surface area contributed by atoms with Crippen molar-refractivity contribution in [2.75, 3.05) is 6.61 Å². The van der Waals surface area contributed by atoms with E-state index in [2.05, 4.69) is 10.5 Å². The molecular formula is C12H12N2O3. The standard InChI is InChI=1S/C12H12N2O3/c1-2-17-14-12(16)10-7-11(15)8-5-3-4-6-9(8)13-10/h3-7H,2H2,1H3,(H,13,15)(H,14,16). The lowest BCUT2D eigenvalue weighted by atomic mass is 10.2. The Morgan fingerprint density at radius 2 is 2.18 bits per heavy atom. The van der Waals surface area contributed by atoms with E-state index in [1.165, 1.54) is 6.07 Å². The van der Waals surface area contributed by atoms with Crippen molar-refractivity contribution >= 4 is 16.8 Å². The minimum atomic E-state index is -0.463. The van der Waals surface area contributed by atoms with Crippen LogP contribution in [0.5, 0.6) is 0 Å². The number of hydrogen-bond donors (Lipinski definition) is 2. The van der Waals surface area contributed by atoms with Crippen LogP contribution < -0.4 is 10.9 Å². The van der Waals surface area contributed by atoms with E-state index in [9.17, 15) is 9.59 Å². The monoisotopic (exact) mass is 232 g/mol. The van der Waals surface area contributed by atoms with Crippen LogP contribution in [0.4, 0.5) is 0 Å². The second-order valence-corrected chi connectivity index (χ2v) is 3.46. The van der Waals surface area contributed by atoms with E-state index < -0.39 is 5.91 Å². The zero-order valence-corrected chi connectivity index (χ0v) is 9.32. The van der Waals surface area contributed by atoms with Crippen molar-refractivity contribution in [3.8, 4) is 0 Å². The number of carbonyl (C=O) groups is 1. The highest BCUT2D eigenvalue weighted by atomic mass is 16.6. The molecule has 0 atom stereocenters. The summed E-state index contributed by atoms with van der Waals surface area (Å²) in [6.07, 6.45) is 0. The lowest BCUT2D eigenvalue weighted by molar-refractivity contribution is 0.0360. The van der Waals surface area contributed by atoms with Gasteiger partial charge in [-0.05, 0) is 19.1 Å². The molecule has 1 aromatic heterocycles. The van der Waals surface area contributed by atoms with Gasteiger partial charge in [0.25, 0.3) is 5.91 Å². The Labute approximate surface area is 97.4 Å². The maximum Gasteiger partial charge on any atom is 0.291 e. The maximum atomic E-state index is 11.7. The summed E-state index contributed by atoms with van der Waals surface area (Å²) in [5, 5.41) is 0.556. The number of pyridine rings is 1. The highest BCUT2D eigenvalue weighted by Crippen LogP contribution is 2.07. The molecule has 17 heavy (non-hydrogen) atoms. The summed E-state index contributed by atoms with van der Waals surface area (Å²) in [4.78, 5) is 31.0. The maximum absolute atomic E-state index is 11.7. The Hall–Kier alpha value is -2.14. The fourth-order valence-electron chi connectivity index (χ4n) is 1.51. The van der Waals surface area contributed by atoms with Gasteiger partial charge in [-0.1, -0.05) is 12.1 Å². The van der Waals surface area contributed by atoms with Crippen LogP contribution in [0.25, 0.3) is 10.9 Å². The van der Waals surface area contributed by atoms with Crippen LogP contribution in [0.3, 0.4) is 0 Å². The van der Waals surface area contributed by atoms with Gasteiger partial charge in [-0.2, -0.15) is 0 Å². The minimum Gasteiger partial charge on any atom is -0.350 e. The van der Waals surface area contributed by atoms with Crippen LogP contribution in [0.15, 0.2) is 35.1 Å². The van der Waals surface area contributed by atoms with E-state index >= 15 is 0 Å². The predicted molar refractivity (Wildman–Crippen MR) is 63.7 cm³/mol. The van der Waals surface area contributed by atoms with E-state index in [0.717, 1.165) is 0 Å². The first kappa shape index (κ1) is 11.3. The first-order chi connectivity index (χ1) is 8.22. The Balaban J connectivity index is 2.43. The largest absolute Gasteiger partial charge is 0.350 e. The van der Waals surface area contributed by atoms with Crippen molar-refractivity contribution in [3.63, 3.8) is 0 Å². The van der Waals surface area contributed by atoms with Gasteiger partial charge in [-0.3, -0.25) is 14.4 Å². The molecular weight excluding hydrogens is 220 g/mol. The summed E-state index contributed by atoms with van der Waals surface area (Å²) in [7, 11) is 0. The molecule has 0 bridgehead atoms. The van der Waals surface area contributed by atoms with E-state index in [1.54, 1.807) is 31.2 Å². The van der Waals surface area contributed by atoms with Crippen molar-refractivity contribution in [1.29, 1.82) is 0 Å². The fraction of sp³-hybridized carbons (Fsp3) is 0.167. The van der Waals surface area contributed by atoms with Gasteiger partial charge >= 0.3 is 0 Å². The highest BCUT2D eigenvalue weighted by molar-refractivity contribution is 5.94. The summed E-state index contributed by atoms with van der Waals surface area (Å²) in [5.41, 5.74) is 2.85. The lowest BCUT2D eigenvalue weighted by Crippen LogP contribution is -2.25. The van der Waals surface area contributed by atoms with Gasteiger partial charge in [0.1, 0.15) is 5.69 Å². The number of hydrogen-bond acceptors (Lipinski definition) is 3. The number of nitrogens with one attached hydrogen (secondary N) is 2. The van der Waals surface area contributed by atoms with Crippen LogP contribution in [0, 0.1) is 0 Å². The van der Waals surface area contributed by atoms with Crippen molar-refractivity contribution in [2.45, 2.75) is 6.92 Å². The molecule has 0 aliphatic heterocycles. The number of H-pyrrole nitrogens is 1. The van der Waals surface area contributed by atoms with Gasteiger partial charge < -0.3 is 4.98 Å². The summed E-state index contributed by atoms with van der Waals surface area (Å²) in [6, 6.07) is 8.28. The van der Waals surface area contributed by atoms with Crippen LogP contribution >= 0.6 is 0 Å². The quantitative estimate of drug-likeness (QED) is 0.781. The minimum absolute atomic E-state index is 0.183. The number of amides is 1. The SMILES string of the molecule is CCONC(=O)c1cc(=O)c2ccccc2[nH]1. The predicted octanol–water partition coefficient (Wildman–Crippen LogP) is 1.21. The summed E-state index contributed by atoms with van der Waals surface area (Å²) in [5.74, 6) is -0.463. The summed E-state index contributed by atoms with van der Waals surface area (Å²) >= 11 is 0. The summed E-state index contributed by atoms with van der Waals surface area (Å²) < 4.78 is 0. The van der Waals surface area contributed by atoms with Gasteiger partial charge in [-0.15, -0.1) is 0 Å². The number of aromatic nitrogens is 1. The fourth-order valence-corrected chi connectivity index (χ4v) is 1.51. The molecule has 2 N–H and O–H groups in total. The average molecular weight is 232 g/mol.